The van der Waals surface area contributed by atoms with E-state index in [4.69, 9.17) is 9.57 Å². The normalized spacial score (nSPS) is 21.4. The third-order valence-electron chi connectivity index (χ3n) is 2.68. The van der Waals surface area contributed by atoms with E-state index in [-0.39, 0.29) is 11.3 Å². The first-order chi connectivity index (χ1) is 8.99. The number of amides is 1. The lowest BCUT2D eigenvalue weighted by Crippen LogP contribution is -2.54. The van der Waals surface area contributed by atoms with Gasteiger partial charge in [-0.2, -0.15) is 5.48 Å². The summed E-state index contributed by atoms with van der Waals surface area (Å²) in [6.45, 7) is 1.21. The van der Waals surface area contributed by atoms with Crippen LogP contribution in [0, 0.1) is 0 Å². The number of ether oxygens (including phenoxy) is 2. The summed E-state index contributed by atoms with van der Waals surface area (Å²) in [5, 5.41) is 0. The molecule has 0 aromatic heterocycles. The number of fused-ring (bicyclic) bond motifs is 1. The lowest BCUT2D eigenvalue weighted by atomic mass is 9.92. The van der Waals surface area contributed by atoms with Crippen LogP contribution in [0.25, 0.3) is 0 Å². The van der Waals surface area contributed by atoms with E-state index in [1.165, 1.54) is 19.1 Å². The van der Waals surface area contributed by atoms with Crippen molar-refractivity contribution in [2.75, 3.05) is 7.11 Å². The van der Waals surface area contributed by atoms with Crippen molar-refractivity contribution in [2.45, 2.75) is 12.5 Å². The summed E-state index contributed by atoms with van der Waals surface area (Å²) in [5.74, 6) is -1.35. The summed E-state index contributed by atoms with van der Waals surface area (Å²) in [4.78, 5) is 39.9. The number of carbonyl (C=O) groups excluding carboxylic acids is 3. The molecule has 1 heterocycles. The van der Waals surface area contributed by atoms with Crippen molar-refractivity contribution in [2.24, 2.45) is 0 Å². The summed E-state index contributed by atoms with van der Waals surface area (Å²) >= 11 is 0. The molecule has 2 rings (SSSR count). The van der Waals surface area contributed by atoms with E-state index in [0.29, 0.717) is 0 Å². The zero-order valence-electron chi connectivity index (χ0n) is 10.3. The molecular formula is C12H11NO6. The Bertz CT molecular complexity index is 555. The van der Waals surface area contributed by atoms with Crippen molar-refractivity contribution in [3.8, 4) is 5.75 Å². The summed E-state index contributed by atoms with van der Waals surface area (Å²) in [5.41, 5.74) is 0.114. The monoisotopic (exact) mass is 265 g/mol. The maximum Gasteiger partial charge on any atom is 0.431 e. The second kappa shape index (κ2) is 4.69. The molecule has 0 saturated carbocycles. The van der Waals surface area contributed by atoms with Crippen LogP contribution in [-0.4, -0.2) is 30.6 Å². The van der Waals surface area contributed by atoms with Crippen LogP contribution < -0.4 is 10.2 Å². The van der Waals surface area contributed by atoms with Crippen LogP contribution in [0.2, 0.25) is 0 Å². The van der Waals surface area contributed by atoms with Gasteiger partial charge in [0.1, 0.15) is 5.75 Å². The number of ketones is 1. The summed E-state index contributed by atoms with van der Waals surface area (Å²) < 4.78 is 9.29. The molecule has 1 aliphatic heterocycles. The fraction of sp³-hybridized carbons (Fsp3) is 0.250. The second-order valence-corrected chi connectivity index (χ2v) is 3.94. The Balaban J connectivity index is 2.29. The van der Waals surface area contributed by atoms with Gasteiger partial charge in [-0.1, -0.05) is 12.1 Å². The number of hydrogen-bond donors (Lipinski definition) is 1. The molecular weight excluding hydrogens is 254 g/mol. The number of Topliss-reactive ketones (excluding diaryl/α,β-unsaturated/α-hetero) is 1. The van der Waals surface area contributed by atoms with E-state index in [1.54, 1.807) is 12.1 Å². The molecule has 1 amide bonds. The van der Waals surface area contributed by atoms with Crippen LogP contribution in [0.4, 0.5) is 4.79 Å². The molecule has 0 bridgehead atoms. The quantitative estimate of drug-likeness (QED) is 0.368. The molecule has 0 spiro atoms. The first-order valence-electron chi connectivity index (χ1n) is 5.37. The third kappa shape index (κ3) is 2.15. The van der Waals surface area contributed by atoms with Crippen molar-refractivity contribution < 1.29 is 28.7 Å². The first kappa shape index (κ1) is 13.0. The standard InChI is InChI=1S/C12H11NO6/c1-12(19-13-11(16)17-2)9(14)7-5-3-4-6-8(7)18-10(12)15/h3-6H,1-2H3,(H,13,16). The molecule has 1 N–H and O–H groups in total. The molecule has 0 saturated heterocycles. The Morgan fingerprint density at radius 1 is 1.32 bits per heavy atom. The Morgan fingerprint density at radius 3 is 2.68 bits per heavy atom. The maximum absolute atomic E-state index is 12.2. The number of carbonyl (C=O) groups is 3. The van der Waals surface area contributed by atoms with Crippen molar-refractivity contribution in [3.63, 3.8) is 0 Å². The molecule has 7 heteroatoms. The fourth-order valence-electron chi connectivity index (χ4n) is 1.56. The maximum atomic E-state index is 12.2. The lowest BCUT2D eigenvalue weighted by Gasteiger charge is -2.29. The van der Waals surface area contributed by atoms with Gasteiger partial charge >= 0.3 is 12.1 Å². The highest BCUT2D eigenvalue weighted by Crippen LogP contribution is 2.31. The van der Waals surface area contributed by atoms with Gasteiger partial charge in [-0.25, -0.2) is 14.4 Å². The highest BCUT2D eigenvalue weighted by molar-refractivity contribution is 6.19. The van der Waals surface area contributed by atoms with Crippen molar-refractivity contribution in [1.82, 2.24) is 5.48 Å². The Morgan fingerprint density at radius 2 is 2.00 bits per heavy atom. The highest BCUT2D eigenvalue weighted by Gasteiger charge is 2.50. The molecule has 1 unspecified atom stereocenters. The average molecular weight is 265 g/mol. The lowest BCUT2D eigenvalue weighted by molar-refractivity contribution is -0.161. The average Bonchev–Trinajstić information content (AvgIpc) is 2.42. The molecule has 19 heavy (non-hydrogen) atoms. The van der Waals surface area contributed by atoms with E-state index in [9.17, 15) is 14.4 Å². The van der Waals surface area contributed by atoms with E-state index in [1.807, 2.05) is 5.48 Å². The van der Waals surface area contributed by atoms with E-state index < -0.39 is 23.4 Å². The molecule has 7 nitrogen and oxygen atoms in total. The van der Waals surface area contributed by atoms with Crippen molar-refractivity contribution in [1.29, 1.82) is 0 Å². The molecule has 0 fully saturated rings. The number of esters is 1. The van der Waals surface area contributed by atoms with Crippen LogP contribution >= 0.6 is 0 Å². The Labute approximate surface area is 108 Å². The van der Waals surface area contributed by atoms with Gasteiger partial charge in [-0.05, 0) is 19.1 Å². The smallest absolute Gasteiger partial charge is 0.431 e. The molecule has 100 valence electrons. The molecule has 1 aromatic carbocycles. The van der Waals surface area contributed by atoms with Crippen LogP contribution in [0.15, 0.2) is 24.3 Å². The zero-order chi connectivity index (χ0) is 14.0. The number of hydrogen-bond acceptors (Lipinski definition) is 6. The predicted octanol–water partition coefficient (Wildman–Crippen LogP) is 0.835. The fourth-order valence-corrected chi connectivity index (χ4v) is 1.56. The zero-order valence-corrected chi connectivity index (χ0v) is 10.3. The Kier molecular flexibility index (Phi) is 3.22. The largest absolute Gasteiger partial charge is 0.451 e. The summed E-state index contributed by atoms with van der Waals surface area (Å²) in [6.07, 6.45) is -0.930. The minimum atomic E-state index is -1.94. The highest BCUT2D eigenvalue weighted by atomic mass is 16.7. The number of benzene rings is 1. The van der Waals surface area contributed by atoms with Crippen LogP contribution in [0.3, 0.4) is 0 Å². The number of nitrogens with one attached hydrogen (secondary N) is 1. The first-order valence-corrected chi connectivity index (χ1v) is 5.37. The minimum Gasteiger partial charge on any atom is -0.451 e. The number of rotatable bonds is 2. The van der Waals surface area contributed by atoms with Gasteiger partial charge in [0, 0.05) is 0 Å². The molecule has 1 aromatic rings. The van der Waals surface area contributed by atoms with Gasteiger partial charge in [-0.15, -0.1) is 0 Å². The second-order valence-electron chi connectivity index (χ2n) is 3.94. The van der Waals surface area contributed by atoms with E-state index >= 15 is 0 Å². The molecule has 1 aliphatic rings. The van der Waals surface area contributed by atoms with Crippen LogP contribution in [0.1, 0.15) is 17.3 Å². The van der Waals surface area contributed by atoms with Gasteiger partial charge in [0.2, 0.25) is 5.78 Å². The summed E-state index contributed by atoms with van der Waals surface area (Å²) in [7, 11) is 1.12. The van der Waals surface area contributed by atoms with Gasteiger partial charge in [-0.3, -0.25) is 4.79 Å². The van der Waals surface area contributed by atoms with Crippen molar-refractivity contribution >= 4 is 17.8 Å². The van der Waals surface area contributed by atoms with E-state index in [0.717, 1.165) is 7.11 Å². The molecule has 1 atom stereocenters. The molecule has 0 radical (unpaired) electrons. The third-order valence-corrected chi connectivity index (χ3v) is 2.68. The topological polar surface area (TPSA) is 90.9 Å². The van der Waals surface area contributed by atoms with Crippen LogP contribution in [0.5, 0.6) is 5.75 Å². The SMILES string of the molecule is COC(=O)NOC1(C)C(=O)Oc2ccccc2C1=O. The van der Waals surface area contributed by atoms with Gasteiger partial charge in [0.15, 0.2) is 0 Å². The van der Waals surface area contributed by atoms with Gasteiger partial charge in [0.05, 0.1) is 12.7 Å². The van der Waals surface area contributed by atoms with Crippen LogP contribution in [-0.2, 0) is 14.4 Å². The number of methoxy groups -OCH3 is 1. The van der Waals surface area contributed by atoms with Gasteiger partial charge < -0.3 is 9.47 Å². The summed E-state index contributed by atoms with van der Waals surface area (Å²) in [6, 6.07) is 6.27. The number of hydroxylamine groups is 1. The predicted molar refractivity (Wildman–Crippen MR) is 61.4 cm³/mol. The van der Waals surface area contributed by atoms with Crippen molar-refractivity contribution in [3.05, 3.63) is 29.8 Å². The number of para-hydroxylation sites is 1. The van der Waals surface area contributed by atoms with Gasteiger partial charge in [0.25, 0.3) is 5.60 Å². The minimum absolute atomic E-state index is 0.164. The Hall–Kier alpha value is -2.41. The van der Waals surface area contributed by atoms with E-state index in [2.05, 4.69) is 4.74 Å². The molecule has 0 aliphatic carbocycles.